The molecule has 0 spiro atoms. The molecule has 0 aliphatic heterocycles. The van der Waals surface area contributed by atoms with Crippen molar-refractivity contribution in [2.24, 2.45) is 0 Å². The zero-order valence-electron chi connectivity index (χ0n) is 22.7. The zero-order valence-corrected chi connectivity index (χ0v) is 22.7. The first-order valence-corrected chi connectivity index (χ1v) is 13.6. The lowest BCUT2D eigenvalue weighted by Gasteiger charge is -2.14. The number of aromatic nitrogens is 6. The van der Waals surface area contributed by atoms with Crippen molar-refractivity contribution in [3.63, 3.8) is 0 Å². The standard InChI is InChI=1S/C28H38N8O3/c1-3-5-13-36-27(38)25-26(35(28(36)39)14-10-20-7-6-8-22(29)16-20)33-24(17-21-9-11-31-32-18-21)34(25)15-12-30-19-23(37)4-2/h6-9,11,16,18,23,30,37H,3-5,10,12-15,17,19,29H2,1-2H3. The van der Waals surface area contributed by atoms with Gasteiger partial charge in [0.1, 0.15) is 5.82 Å². The summed E-state index contributed by atoms with van der Waals surface area (Å²) in [7, 11) is 0. The molecule has 1 aromatic carbocycles. The Morgan fingerprint density at radius 3 is 2.59 bits per heavy atom. The van der Waals surface area contributed by atoms with Crippen LogP contribution >= 0.6 is 0 Å². The maximum Gasteiger partial charge on any atom is 0.332 e. The summed E-state index contributed by atoms with van der Waals surface area (Å²) in [5.41, 5.74) is 8.64. The predicted molar refractivity (Wildman–Crippen MR) is 152 cm³/mol. The summed E-state index contributed by atoms with van der Waals surface area (Å²) in [6.45, 7) is 6.11. The molecule has 0 saturated carbocycles. The number of nitrogens with one attached hydrogen (secondary N) is 1. The maximum absolute atomic E-state index is 13.8. The monoisotopic (exact) mass is 534 g/mol. The number of hydrogen-bond donors (Lipinski definition) is 3. The molecule has 0 aliphatic carbocycles. The number of imidazole rings is 1. The fourth-order valence-electron chi connectivity index (χ4n) is 4.63. The first-order chi connectivity index (χ1) is 18.9. The second kappa shape index (κ2) is 13.3. The summed E-state index contributed by atoms with van der Waals surface area (Å²) in [5.74, 6) is 0.665. The molecule has 11 nitrogen and oxygen atoms in total. The summed E-state index contributed by atoms with van der Waals surface area (Å²) in [4.78, 5) is 32.3. The summed E-state index contributed by atoms with van der Waals surface area (Å²) < 4.78 is 4.87. The average Bonchev–Trinajstić information content (AvgIpc) is 3.29. The number of nitrogen functional groups attached to an aromatic ring is 1. The highest BCUT2D eigenvalue weighted by molar-refractivity contribution is 5.71. The highest BCUT2D eigenvalue weighted by Gasteiger charge is 2.22. The SMILES string of the molecule is CCCCn1c(=O)c2c(nc(Cc3ccnnc3)n2CCNCC(O)CC)n(CCc2cccc(N)c2)c1=O. The Balaban J connectivity index is 1.81. The van der Waals surface area contributed by atoms with Crippen LogP contribution in [0.1, 0.15) is 50.1 Å². The third-order valence-corrected chi connectivity index (χ3v) is 6.87. The molecule has 0 saturated heterocycles. The van der Waals surface area contributed by atoms with Crippen molar-refractivity contribution in [3.05, 3.63) is 80.5 Å². The molecule has 1 atom stereocenters. The quantitative estimate of drug-likeness (QED) is 0.164. The number of unbranched alkanes of at least 4 members (excludes halogenated alkanes) is 1. The van der Waals surface area contributed by atoms with E-state index in [4.69, 9.17) is 10.7 Å². The molecule has 0 fully saturated rings. The number of benzene rings is 1. The largest absolute Gasteiger partial charge is 0.399 e. The van der Waals surface area contributed by atoms with Crippen LogP contribution in [0.4, 0.5) is 5.69 Å². The molecule has 1 unspecified atom stereocenters. The van der Waals surface area contributed by atoms with Crippen molar-refractivity contribution >= 4 is 16.9 Å². The molecule has 39 heavy (non-hydrogen) atoms. The fourth-order valence-corrected chi connectivity index (χ4v) is 4.63. The summed E-state index contributed by atoms with van der Waals surface area (Å²) in [6.07, 6.45) is 6.09. The van der Waals surface area contributed by atoms with Gasteiger partial charge in [-0.3, -0.25) is 13.9 Å². The van der Waals surface area contributed by atoms with Crippen LogP contribution < -0.4 is 22.3 Å². The van der Waals surface area contributed by atoms with Gasteiger partial charge in [-0.1, -0.05) is 32.4 Å². The van der Waals surface area contributed by atoms with Crippen LogP contribution in [0, 0.1) is 0 Å². The van der Waals surface area contributed by atoms with Crippen molar-refractivity contribution in [2.75, 3.05) is 18.8 Å². The van der Waals surface area contributed by atoms with E-state index in [0.717, 1.165) is 24.0 Å². The van der Waals surface area contributed by atoms with Gasteiger partial charge in [0.2, 0.25) is 0 Å². The topological polar surface area (TPSA) is 146 Å². The van der Waals surface area contributed by atoms with Crippen molar-refractivity contribution in [1.82, 2.24) is 34.2 Å². The van der Waals surface area contributed by atoms with Crippen LogP contribution in [-0.4, -0.2) is 53.2 Å². The minimum absolute atomic E-state index is 0.330. The first kappa shape index (κ1) is 28.2. The van der Waals surface area contributed by atoms with Gasteiger partial charge in [-0.2, -0.15) is 10.2 Å². The van der Waals surface area contributed by atoms with Gasteiger partial charge in [-0.15, -0.1) is 0 Å². The summed E-state index contributed by atoms with van der Waals surface area (Å²) >= 11 is 0. The number of aliphatic hydroxyl groups excluding tert-OH is 1. The third-order valence-electron chi connectivity index (χ3n) is 6.87. The Bertz CT molecular complexity index is 1490. The Hall–Kier alpha value is -3.83. The zero-order chi connectivity index (χ0) is 27.8. The number of aryl methyl sites for hydroxylation is 2. The van der Waals surface area contributed by atoms with E-state index in [1.165, 1.54) is 4.57 Å². The van der Waals surface area contributed by atoms with Crippen LogP contribution in [0.5, 0.6) is 0 Å². The lowest BCUT2D eigenvalue weighted by molar-refractivity contribution is 0.167. The van der Waals surface area contributed by atoms with Gasteiger partial charge in [-0.05, 0) is 48.6 Å². The smallest absolute Gasteiger partial charge is 0.332 e. The minimum atomic E-state index is -0.435. The summed E-state index contributed by atoms with van der Waals surface area (Å²) in [5, 5.41) is 21.0. The van der Waals surface area contributed by atoms with Gasteiger partial charge in [0, 0.05) is 51.0 Å². The van der Waals surface area contributed by atoms with E-state index in [9.17, 15) is 14.7 Å². The van der Waals surface area contributed by atoms with Gasteiger partial charge in [0.05, 0.1) is 12.3 Å². The Morgan fingerprint density at radius 2 is 1.87 bits per heavy atom. The first-order valence-electron chi connectivity index (χ1n) is 13.6. The molecular weight excluding hydrogens is 496 g/mol. The Morgan fingerprint density at radius 1 is 1.03 bits per heavy atom. The number of hydrogen-bond acceptors (Lipinski definition) is 8. The molecule has 208 valence electrons. The molecule has 0 bridgehead atoms. The third kappa shape index (κ3) is 6.79. The van der Waals surface area contributed by atoms with Crippen LogP contribution in [0.25, 0.3) is 11.2 Å². The lowest BCUT2D eigenvalue weighted by Crippen LogP contribution is -2.41. The number of anilines is 1. The van der Waals surface area contributed by atoms with Crippen LogP contribution in [-0.2, 0) is 32.5 Å². The van der Waals surface area contributed by atoms with Crippen molar-refractivity contribution in [2.45, 2.75) is 71.7 Å². The second-order valence-corrected chi connectivity index (χ2v) is 9.79. The number of nitrogens with zero attached hydrogens (tertiary/aromatic N) is 6. The maximum atomic E-state index is 13.8. The molecule has 3 aromatic heterocycles. The van der Waals surface area contributed by atoms with Crippen LogP contribution in [0.2, 0.25) is 0 Å². The number of aliphatic hydroxyl groups is 1. The van der Waals surface area contributed by atoms with Crippen molar-refractivity contribution in [3.8, 4) is 0 Å². The number of nitrogens with two attached hydrogens (primary N) is 1. The second-order valence-electron chi connectivity index (χ2n) is 9.79. The van der Waals surface area contributed by atoms with E-state index >= 15 is 0 Å². The number of fused-ring (bicyclic) bond motifs is 1. The molecule has 0 aliphatic rings. The van der Waals surface area contributed by atoms with E-state index in [1.54, 1.807) is 17.0 Å². The van der Waals surface area contributed by atoms with Crippen LogP contribution in [0.15, 0.2) is 52.3 Å². The normalized spacial score (nSPS) is 12.3. The van der Waals surface area contributed by atoms with E-state index in [2.05, 4.69) is 15.5 Å². The van der Waals surface area contributed by atoms with Gasteiger partial charge in [-0.25, -0.2) is 9.78 Å². The van der Waals surface area contributed by atoms with E-state index in [1.807, 2.05) is 48.7 Å². The Kier molecular flexibility index (Phi) is 9.61. The molecule has 4 rings (SSSR count). The van der Waals surface area contributed by atoms with Crippen molar-refractivity contribution < 1.29 is 5.11 Å². The molecule has 11 heteroatoms. The van der Waals surface area contributed by atoms with Gasteiger partial charge >= 0.3 is 5.69 Å². The molecule has 0 amide bonds. The van der Waals surface area contributed by atoms with Gasteiger partial charge in [0.15, 0.2) is 11.2 Å². The van der Waals surface area contributed by atoms with E-state index < -0.39 is 6.10 Å². The highest BCUT2D eigenvalue weighted by atomic mass is 16.3. The van der Waals surface area contributed by atoms with Gasteiger partial charge in [0.25, 0.3) is 5.56 Å². The minimum Gasteiger partial charge on any atom is -0.399 e. The fraction of sp³-hybridized carbons (Fsp3) is 0.464. The lowest BCUT2D eigenvalue weighted by atomic mass is 10.1. The molecule has 3 heterocycles. The molecule has 4 aromatic rings. The van der Waals surface area contributed by atoms with Crippen molar-refractivity contribution in [1.29, 1.82) is 0 Å². The van der Waals surface area contributed by atoms with Gasteiger partial charge < -0.3 is 20.7 Å². The highest BCUT2D eigenvalue weighted by Crippen LogP contribution is 2.16. The van der Waals surface area contributed by atoms with E-state index in [0.29, 0.717) is 74.7 Å². The van der Waals surface area contributed by atoms with Crippen LogP contribution in [0.3, 0.4) is 0 Å². The predicted octanol–water partition coefficient (Wildman–Crippen LogP) is 1.73. The number of rotatable bonds is 14. The molecule has 0 radical (unpaired) electrons. The Labute approximate surface area is 227 Å². The average molecular weight is 535 g/mol. The molecular formula is C28H38N8O3. The van der Waals surface area contributed by atoms with E-state index in [-0.39, 0.29) is 11.2 Å². The summed E-state index contributed by atoms with van der Waals surface area (Å²) in [6, 6.07) is 9.45. The molecule has 4 N–H and O–H groups in total.